The molecule has 0 aromatic heterocycles. The molecule has 1 fully saturated rings. The van der Waals surface area contributed by atoms with Crippen LogP contribution in [-0.2, 0) is 4.74 Å². The van der Waals surface area contributed by atoms with E-state index < -0.39 is 0 Å². The zero-order valence-electron chi connectivity index (χ0n) is 11.1. The van der Waals surface area contributed by atoms with Gasteiger partial charge < -0.3 is 10.1 Å². The molecule has 0 amide bonds. The molecule has 1 saturated carbocycles. The van der Waals surface area contributed by atoms with E-state index in [1.807, 2.05) is 0 Å². The summed E-state index contributed by atoms with van der Waals surface area (Å²) in [6, 6.07) is 0.758. The third-order valence-electron chi connectivity index (χ3n) is 3.65. The molecule has 0 aromatic carbocycles. The lowest BCUT2D eigenvalue weighted by atomic mass is 9.82. The predicted molar refractivity (Wildman–Crippen MR) is 69.8 cm³/mol. The highest BCUT2D eigenvalue weighted by Crippen LogP contribution is 2.26. The third kappa shape index (κ3) is 5.31. The molecule has 1 aliphatic carbocycles. The van der Waals surface area contributed by atoms with Gasteiger partial charge in [-0.15, -0.1) is 0 Å². The molecular formula is C14H29NO. The van der Waals surface area contributed by atoms with E-state index in [9.17, 15) is 0 Å². The Morgan fingerprint density at radius 1 is 1.12 bits per heavy atom. The smallest absolute Gasteiger partial charge is 0.0469 e. The van der Waals surface area contributed by atoms with E-state index in [0.717, 1.165) is 31.7 Å². The molecule has 0 heterocycles. The van der Waals surface area contributed by atoms with Crippen molar-refractivity contribution in [3.05, 3.63) is 0 Å². The Kier molecular flexibility index (Phi) is 7.87. The highest BCUT2D eigenvalue weighted by molar-refractivity contribution is 4.80. The van der Waals surface area contributed by atoms with Crippen LogP contribution in [0.15, 0.2) is 0 Å². The molecule has 2 atom stereocenters. The minimum atomic E-state index is 0.758. The van der Waals surface area contributed by atoms with Crippen molar-refractivity contribution in [1.29, 1.82) is 0 Å². The SMILES string of the molecule is CCCCOCCC1CCCCC1NCC. The lowest BCUT2D eigenvalue weighted by molar-refractivity contribution is 0.103. The van der Waals surface area contributed by atoms with Gasteiger partial charge in [-0.2, -0.15) is 0 Å². The Balaban J connectivity index is 2.11. The van der Waals surface area contributed by atoms with Crippen molar-refractivity contribution in [2.24, 2.45) is 5.92 Å². The second-order valence-corrected chi connectivity index (χ2v) is 4.96. The standard InChI is InChI=1S/C14H29NO/c1-3-5-11-16-12-10-13-8-6-7-9-14(13)15-4-2/h13-15H,3-12H2,1-2H3. The molecule has 2 nitrogen and oxygen atoms in total. The Morgan fingerprint density at radius 3 is 2.69 bits per heavy atom. The van der Waals surface area contributed by atoms with Gasteiger partial charge in [0.25, 0.3) is 0 Å². The third-order valence-corrected chi connectivity index (χ3v) is 3.65. The van der Waals surface area contributed by atoms with Crippen LogP contribution < -0.4 is 5.32 Å². The molecule has 0 bridgehead atoms. The number of hydrogen-bond donors (Lipinski definition) is 1. The van der Waals surface area contributed by atoms with Crippen LogP contribution in [0.2, 0.25) is 0 Å². The Morgan fingerprint density at radius 2 is 1.94 bits per heavy atom. The summed E-state index contributed by atoms with van der Waals surface area (Å²) in [5.41, 5.74) is 0. The molecular weight excluding hydrogens is 198 g/mol. The molecule has 0 aliphatic heterocycles. The lowest BCUT2D eigenvalue weighted by Gasteiger charge is -2.32. The highest BCUT2D eigenvalue weighted by Gasteiger charge is 2.23. The van der Waals surface area contributed by atoms with E-state index in [0.29, 0.717) is 0 Å². The fourth-order valence-corrected chi connectivity index (χ4v) is 2.67. The van der Waals surface area contributed by atoms with Crippen molar-refractivity contribution in [1.82, 2.24) is 5.32 Å². The minimum Gasteiger partial charge on any atom is -0.381 e. The minimum absolute atomic E-state index is 0.758. The zero-order valence-corrected chi connectivity index (χ0v) is 11.1. The van der Waals surface area contributed by atoms with Crippen molar-refractivity contribution in [2.75, 3.05) is 19.8 Å². The van der Waals surface area contributed by atoms with Gasteiger partial charge in [-0.3, -0.25) is 0 Å². The number of rotatable bonds is 8. The van der Waals surface area contributed by atoms with Crippen LogP contribution in [0.5, 0.6) is 0 Å². The molecule has 0 saturated heterocycles. The molecule has 16 heavy (non-hydrogen) atoms. The number of hydrogen-bond acceptors (Lipinski definition) is 2. The van der Waals surface area contributed by atoms with E-state index in [1.54, 1.807) is 0 Å². The summed E-state index contributed by atoms with van der Waals surface area (Å²) in [6.07, 6.45) is 9.29. The van der Waals surface area contributed by atoms with Crippen molar-refractivity contribution < 1.29 is 4.74 Å². The molecule has 0 spiro atoms. The normalized spacial score (nSPS) is 25.9. The Hall–Kier alpha value is -0.0800. The van der Waals surface area contributed by atoms with E-state index in [1.165, 1.54) is 44.9 Å². The first kappa shape index (κ1) is 14.0. The van der Waals surface area contributed by atoms with E-state index in [4.69, 9.17) is 4.74 Å². The summed E-state index contributed by atoms with van der Waals surface area (Å²) >= 11 is 0. The van der Waals surface area contributed by atoms with E-state index >= 15 is 0 Å². The molecule has 0 aromatic rings. The summed E-state index contributed by atoms with van der Waals surface area (Å²) in [7, 11) is 0. The number of nitrogens with one attached hydrogen (secondary N) is 1. The van der Waals surface area contributed by atoms with Gasteiger partial charge >= 0.3 is 0 Å². The fraction of sp³-hybridized carbons (Fsp3) is 1.00. The average Bonchev–Trinajstić information content (AvgIpc) is 2.31. The van der Waals surface area contributed by atoms with Gasteiger partial charge in [-0.1, -0.05) is 33.1 Å². The van der Waals surface area contributed by atoms with Crippen LogP contribution in [-0.4, -0.2) is 25.8 Å². The van der Waals surface area contributed by atoms with Crippen LogP contribution in [0, 0.1) is 5.92 Å². The maximum atomic E-state index is 5.68. The second kappa shape index (κ2) is 9.00. The van der Waals surface area contributed by atoms with Crippen molar-refractivity contribution in [2.45, 2.75) is 64.8 Å². The number of unbranched alkanes of at least 4 members (excludes halogenated alkanes) is 1. The summed E-state index contributed by atoms with van der Waals surface area (Å²) in [4.78, 5) is 0. The monoisotopic (exact) mass is 227 g/mol. The molecule has 2 unspecified atom stereocenters. The van der Waals surface area contributed by atoms with Gasteiger partial charge in [0.2, 0.25) is 0 Å². The first-order valence-corrected chi connectivity index (χ1v) is 7.19. The van der Waals surface area contributed by atoms with Crippen LogP contribution in [0.1, 0.15) is 58.8 Å². The number of ether oxygens (including phenoxy) is 1. The van der Waals surface area contributed by atoms with E-state index in [-0.39, 0.29) is 0 Å². The molecule has 1 N–H and O–H groups in total. The maximum absolute atomic E-state index is 5.68. The molecule has 1 aliphatic rings. The molecule has 2 heteroatoms. The van der Waals surface area contributed by atoms with Crippen molar-refractivity contribution >= 4 is 0 Å². The Bertz CT molecular complexity index is 159. The lowest BCUT2D eigenvalue weighted by Crippen LogP contribution is -2.38. The van der Waals surface area contributed by atoms with Gasteiger partial charge in [0.1, 0.15) is 0 Å². The largest absolute Gasteiger partial charge is 0.381 e. The second-order valence-electron chi connectivity index (χ2n) is 4.96. The van der Waals surface area contributed by atoms with Gasteiger partial charge in [-0.05, 0) is 38.1 Å². The summed E-state index contributed by atoms with van der Waals surface area (Å²) < 4.78 is 5.68. The predicted octanol–water partition coefficient (Wildman–Crippen LogP) is 3.36. The van der Waals surface area contributed by atoms with Gasteiger partial charge in [0.05, 0.1) is 0 Å². The summed E-state index contributed by atoms with van der Waals surface area (Å²) in [6.45, 7) is 7.45. The van der Waals surface area contributed by atoms with Crippen LogP contribution in [0.3, 0.4) is 0 Å². The summed E-state index contributed by atoms with van der Waals surface area (Å²) in [5, 5.41) is 3.63. The molecule has 0 radical (unpaired) electrons. The quantitative estimate of drug-likeness (QED) is 0.642. The average molecular weight is 227 g/mol. The first-order chi connectivity index (χ1) is 7.88. The molecule has 96 valence electrons. The summed E-state index contributed by atoms with van der Waals surface area (Å²) in [5.74, 6) is 0.857. The fourth-order valence-electron chi connectivity index (χ4n) is 2.67. The topological polar surface area (TPSA) is 21.3 Å². The van der Waals surface area contributed by atoms with Crippen LogP contribution in [0.4, 0.5) is 0 Å². The highest BCUT2D eigenvalue weighted by atomic mass is 16.5. The Labute approximate surface area is 101 Å². The maximum Gasteiger partial charge on any atom is 0.0469 e. The van der Waals surface area contributed by atoms with Crippen LogP contribution >= 0.6 is 0 Å². The van der Waals surface area contributed by atoms with Crippen LogP contribution in [0.25, 0.3) is 0 Å². The van der Waals surface area contributed by atoms with E-state index in [2.05, 4.69) is 19.2 Å². The zero-order chi connectivity index (χ0) is 11.6. The van der Waals surface area contributed by atoms with Gasteiger partial charge in [-0.25, -0.2) is 0 Å². The van der Waals surface area contributed by atoms with Crippen molar-refractivity contribution in [3.63, 3.8) is 0 Å². The molecule has 1 rings (SSSR count). The van der Waals surface area contributed by atoms with Gasteiger partial charge in [0, 0.05) is 19.3 Å². The van der Waals surface area contributed by atoms with Crippen molar-refractivity contribution in [3.8, 4) is 0 Å². The van der Waals surface area contributed by atoms with Gasteiger partial charge in [0.15, 0.2) is 0 Å². The first-order valence-electron chi connectivity index (χ1n) is 7.19.